The molecule has 0 aliphatic carbocycles. The molecule has 5 heteroatoms. The molecule has 2 rings (SSSR count). The molecule has 0 heterocycles. The van der Waals surface area contributed by atoms with Crippen LogP contribution in [-0.2, 0) is 11.1 Å². The maximum Gasteiger partial charge on any atom is 1.00 e. The van der Waals surface area contributed by atoms with E-state index in [1.54, 1.807) is 24.3 Å². The first kappa shape index (κ1) is 13.2. The van der Waals surface area contributed by atoms with Crippen LogP contribution in [0, 0.1) is 0 Å². The number of hydrogen-bond acceptors (Lipinski definition) is 2. The fourth-order valence-electron chi connectivity index (χ4n) is 1.32. The summed E-state index contributed by atoms with van der Waals surface area (Å²) in [5, 5.41) is 2.26. The third kappa shape index (κ3) is 2.81. The normalized spacial score (nSPS) is 12.1. The van der Waals surface area contributed by atoms with Gasteiger partial charge in [0.05, 0.1) is 0 Å². The molecule has 0 spiro atoms. The van der Waals surface area contributed by atoms with E-state index in [-0.39, 0.29) is 34.5 Å². The molecule has 1 atom stereocenters. The Labute approximate surface area is 117 Å². The molecule has 15 heavy (non-hydrogen) atoms. The number of rotatable bonds is 1. The zero-order valence-corrected chi connectivity index (χ0v) is 11.6. The minimum atomic E-state index is -2.20. The molecule has 0 bridgehead atoms. The van der Waals surface area contributed by atoms with Crippen molar-refractivity contribution in [3.8, 4) is 0 Å². The fraction of sp³-hybridized carbons (Fsp3) is 0. The maximum atomic E-state index is 10.7. The van der Waals surface area contributed by atoms with E-state index in [0.717, 1.165) is 10.8 Å². The number of hydrogen-bond donors (Lipinski definition) is 0. The first-order chi connectivity index (χ1) is 6.68. The van der Waals surface area contributed by atoms with Crippen molar-refractivity contribution >= 4 is 33.5 Å². The van der Waals surface area contributed by atoms with Gasteiger partial charge in [0.15, 0.2) is 0 Å². The van der Waals surface area contributed by atoms with E-state index in [4.69, 9.17) is 11.6 Å². The summed E-state index contributed by atoms with van der Waals surface area (Å²) in [7, 11) is 0. The molecule has 0 amide bonds. The van der Waals surface area contributed by atoms with E-state index in [0.29, 0.717) is 5.02 Å². The Bertz CT molecular complexity index is 516. The average molecular weight is 249 g/mol. The van der Waals surface area contributed by atoms with Crippen molar-refractivity contribution in [2.45, 2.75) is 4.90 Å². The van der Waals surface area contributed by atoms with Gasteiger partial charge >= 0.3 is 29.6 Å². The van der Waals surface area contributed by atoms with Crippen molar-refractivity contribution in [2.75, 3.05) is 0 Å². The molecule has 0 aliphatic rings. The predicted molar refractivity (Wildman–Crippen MR) is 56.1 cm³/mol. The van der Waals surface area contributed by atoms with Gasteiger partial charge in [-0.3, -0.25) is 4.21 Å². The monoisotopic (exact) mass is 248 g/mol. The van der Waals surface area contributed by atoms with Gasteiger partial charge in [0, 0.05) is 15.3 Å². The molecule has 0 radical (unpaired) electrons. The van der Waals surface area contributed by atoms with Crippen molar-refractivity contribution in [3.63, 3.8) is 0 Å². The van der Waals surface area contributed by atoms with Crippen molar-refractivity contribution < 1.29 is 38.3 Å². The SMILES string of the molecule is O=S([O-])c1ccc2cccc(Cl)c2c1.[Na+]. The molecule has 2 aromatic rings. The molecule has 0 N–H and O–H groups in total. The van der Waals surface area contributed by atoms with Crippen LogP contribution in [0.1, 0.15) is 0 Å². The smallest absolute Gasteiger partial charge is 0.768 e. The van der Waals surface area contributed by atoms with E-state index < -0.39 is 11.1 Å². The molecule has 0 saturated heterocycles. The minimum absolute atomic E-state index is 0. The van der Waals surface area contributed by atoms with Crippen molar-refractivity contribution in [2.24, 2.45) is 0 Å². The van der Waals surface area contributed by atoms with E-state index >= 15 is 0 Å². The largest absolute Gasteiger partial charge is 1.00 e. The Kier molecular flexibility index (Phi) is 4.77. The summed E-state index contributed by atoms with van der Waals surface area (Å²) in [4.78, 5) is 0.255. The number of benzene rings is 2. The maximum absolute atomic E-state index is 10.7. The van der Waals surface area contributed by atoms with Crippen LogP contribution in [-0.4, -0.2) is 8.76 Å². The fourth-order valence-corrected chi connectivity index (χ4v) is 1.95. The Balaban J connectivity index is 0.00000112. The summed E-state index contributed by atoms with van der Waals surface area (Å²) in [6.45, 7) is 0. The van der Waals surface area contributed by atoms with Crippen LogP contribution >= 0.6 is 11.6 Å². The Morgan fingerprint density at radius 2 is 1.93 bits per heavy atom. The van der Waals surface area contributed by atoms with Crippen LogP contribution in [0.2, 0.25) is 5.02 Å². The van der Waals surface area contributed by atoms with Crippen molar-refractivity contribution in [1.29, 1.82) is 0 Å². The Morgan fingerprint density at radius 1 is 1.20 bits per heavy atom. The minimum Gasteiger partial charge on any atom is -0.768 e. The molecule has 0 aromatic heterocycles. The quantitative estimate of drug-likeness (QED) is 0.515. The molecule has 1 unspecified atom stereocenters. The standard InChI is InChI=1S/C10H7ClO2S.Na/c11-10-3-1-2-7-4-5-8(14(12)13)6-9(7)10;/h1-6H,(H,12,13);/q;+1/p-1. The van der Waals surface area contributed by atoms with Gasteiger partial charge in [-0.25, -0.2) is 0 Å². The molecular weight excluding hydrogens is 243 g/mol. The second-order valence-electron chi connectivity index (χ2n) is 2.86. The summed E-state index contributed by atoms with van der Waals surface area (Å²) in [6.07, 6.45) is 0. The van der Waals surface area contributed by atoms with Crippen LogP contribution in [0.5, 0.6) is 0 Å². The molecule has 2 nitrogen and oxygen atoms in total. The van der Waals surface area contributed by atoms with Gasteiger partial charge in [0.25, 0.3) is 0 Å². The Morgan fingerprint density at radius 3 is 2.60 bits per heavy atom. The van der Waals surface area contributed by atoms with Crippen molar-refractivity contribution in [1.82, 2.24) is 0 Å². The second kappa shape index (κ2) is 5.43. The third-order valence-corrected chi connectivity index (χ3v) is 2.96. The summed E-state index contributed by atoms with van der Waals surface area (Å²) in [6, 6.07) is 10.3. The molecule has 2 aromatic carbocycles. The van der Waals surface area contributed by atoms with E-state index in [2.05, 4.69) is 0 Å². The van der Waals surface area contributed by atoms with Gasteiger partial charge in [-0.1, -0.05) is 29.8 Å². The van der Waals surface area contributed by atoms with Crippen LogP contribution in [0.15, 0.2) is 41.3 Å². The predicted octanol–water partition coefficient (Wildman–Crippen LogP) is -0.265. The molecular formula is C10H6ClNaO2S. The van der Waals surface area contributed by atoms with E-state index in [1.807, 2.05) is 12.1 Å². The zero-order valence-electron chi connectivity index (χ0n) is 8.07. The van der Waals surface area contributed by atoms with Gasteiger partial charge in [-0.05, 0) is 34.7 Å². The molecule has 0 fully saturated rings. The van der Waals surface area contributed by atoms with Gasteiger partial charge in [0.2, 0.25) is 0 Å². The summed E-state index contributed by atoms with van der Waals surface area (Å²) in [5.41, 5.74) is 0. The van der Waals surface area contributed by atoms with Crippen LogP contribution in [0.4, 0.5) is 0 Å². The summed E-state index contributed by atoms with van der Waals surface area (Å²) in [5.74, 6) is 0. The molecule has 0 saturated carbocycles. The van der Waals surface area contributed by atoms with Gasteiger partial charge in [0.1, 0.15) is 0 Å². The van der Waals surface area contributed by atoms with Gasteiger partial charge in [-0.2, -0.15) is 0 Å². The van der Waals surface area contributed by atoms with Crippen LogP contribution in [0.3, 0.4) is 0 Å². The van der Waals surface area contributed by atoms with E-state index in [9.17, 15) is 8.76 Å². The molecule has 0 aliphatic heterocycles. The Hall–Kier alpha value is 0.1000. The summed E-state index contributed by atoms with van der Waals surface area (Å²) < 4.78 is 21.4. The van der Waals surface area contributed by atoms with Gasteiger partial charge in [-0.15, -0.1) is 0 Å². The van der Waals surface area contributed by atoms with Crippen LogP contribution < -0.4 is 29.6 Å². The van der Waals surface area contributed by atoms with Gasteiger partial charge < -0.3 is 4.55 Å². The first-order valence-electron chi connectivity index (χ1n) is 3.96. The summed E-state index contributed by atoms with van der Waals surface area (Å²) >= 11 is 3.73. The average Bonchev–Trinajstić information content (AvgIpc) is 2.18. The topological polar surface area (TPSA) is 40.1 Å². The zero-order chi connectivity index (χ0) is 10.1. The molecule has 72 valence electrons. The third-order valence-electron chi connectivity index (χ3n) is 1.99. The van der Waals surface area contributed by atoms with Crippen LogP contribution in [0.25, 0.3) is 10.8 Å². The second-order valence-corrected chi connectivity index (χ2v) is 4.21. The number of fused-ring (bicyclic) bond motifs is 1. The van der Waals surface area contributed by atoms with Crippen molar-refractivity contribution in [3.05, 3.63) is 41.4 Å². The first-order valence-corrected chi connectivity index (χ1v) is 5.41. The van der Waals surface area contributed by atoms with E-state index in [1.165, 1.54) is 0 Å². The number of halogens is 1.